The van der Waals surface area contributed by atoms with Gasteiger partial charge in [0.2, 0.25) is 0 Å². The highest BCUT2D eigenvalue weighted by atomic mass is 19.1. The van der Waals surface area contributed by atoms with E-state index in [0.717, 1.165) is 0 Å². The molecule has 0 unspecified atom stereocenters. The predicted molar refractivity (Wildman–Crippen MR) is 58.8 cm³/mol. The van der Waals surface area contributed by atoms with Crippen LogP contribution in [0.25, 0.3) is 11.3 Å². The molecule has 0 saturated heterocycles. The number of hydrogen-bond acceptors (Lipinski definition) is 3. The number of hydrogen-bond donors (Lipinski definition) is 1. The van der Waals surface area contributed by atoms with Gasteiger partial charge >= 0.3 is 0 Å². The molecule has 1 aromatic carbocycles. The summed E-state index contributed by atoms with van der Waals surface area (Å²) in [6, 6.07) is 9.36. The zero-order valence-corrected chi connectivity index (χ0v) is 8.31. The largest absolute Gasteiger partial charge is 0.397 e. The molecule has 16 heavy (non-hydrogen) atoms. The van der Waals surface area contributed by atoms with Crippen LogP contribution in [0.4, 0.5) is 10.1 Å². The number of nitrogen functional groups attached to an aromatic ring is 1. The fraction of sp³-hybridized carbons (Fsp3) is 0. The molecule has 0 fully saturated rings. The predicted octanol–water partition coefficient (Wildman–Crippen LogP) is 2.34. The summed E-state index contributed by atoms with van der Waals surface area (Å²) >= 11 is 0. The summed E-state index contributed by atoms with van der Waals surface area (Å²) in [5.74, 6) is -0.451. The first kappa shape index (κ1) is 10.1. The quantitative estimate of drug-likeness (QED) is 0.790. The van der Waals surface area contributed by atoms with Gasteiger partial charge in [-0.2, -0.15) is 5.26 Å². The maximum atomic E-state index is 13.2. The number of rotatable bonds is 1. The van der Waals surface area contributed by atoms with E-state index in [1.807, 2.05) is 6.07 Å². The number of aromatic nitrogens is 1. The van der Waals surface area contributed by atoms with Crippen LogP contribution in [0.1, 0.15) is 5.56 Å². The second-order valence-corrected chi connectivity index (χ2v) is 3.32. The molecule has 0 radical (unpaired) electrons. The highest BCUT2D eigenvalue weighted by molar-refractivity contribution is 5.62. The minimum Gasteiger partial charge on any atom is -0.397 e. The topological polar surface area (TPSA) is 62.7 Å². The molecule has 0 aliphatic heterocycles. The third-order valence-corrected chi connectivity index (χ3v) is 2.11. The van der Waals surface area contributed by atoms with Crippen LogP contribution >= 0.6 is 0 Å². The lowest BCUT2D eigenvalue weighted by Crippen LogP contribution is -1.89. The number of nitrogens with zero attached hydrogens (tertiary/aromatic N) is 2. The van der Waals surface area contributed by atoms with Gasteiger partial charge in [0.15, 0.2) is 0 Å². The smallest absolute Gasteiger partial charge is 0.125 e. The van der Waals surface area contributed by atoms with Crippen LogP contribution in [0.5, 0.6) is 0 Å². The molecule has 3 nitrogen and oxygen atoms in total. The summed E-state index contributed by atoms with van der Waals surface area (Å²) in [6.45, 7) is 0. The van der Waals surface area contributed by atoms with Gasteiger partial charge < -0.3 is 5.73 Å². The van der Waals surface area contributed by atoms with Crippen LogP contribution in [0, 0.1) is 17.1 Å². The summed E-state index contributed by atoms with van der Waals surface area (Å²) < 4.78 is 13.2. The molecule has 2 rings (SSSR count). The monoisotopic (exact) mass is 213 g/mol. The fourth-order valence-corrected chi connectivity index (χ4v) is 1.38. The normalized spacial score (nSPS) is 9.75. The van der Waals surface area contributed by atoms with Crippen LogP contribution in [0.3, 0.4) is 0 Å². The molecule has 4 heteroatoms. The molecule has 2 aromatic rings. The Bertz CT molecular complexity index is 555. The van der Waals surface area contributed by atoms with Crippen molar-refractivity contribution < 1.29 is 4.39 Å². The zero-order chi connectivity index (χ0) is 11.5. The molecular weight excluding hydrogens is 205 g/mol. The van der Waals surface area contributed by atoms with Gasteiger partial charge in [0.25, 0.3) is 0 Å². The summed E-state index contributed by atoms with van der Waals surface area (Å²) in [4.78, 5) is 4.06. The van der Waals surface area contributed by atoms with E-state index in [0.29, 0.717) is 16.9 Å². The summed E-state index contributed by atoms with van der Waals surface area (Å²) in [7, 11) is 0. The molecular formula is C12H8FN3. The zero-order valence-electron chi connectivity index (χ0n) is 8.31. The average Bonchev–Trinajstić information content (AvgIpc) is 2.29. The Hall–Kier alpha value is -2.41. The van der Waals surface area contributed by atoms with E-state index in [1.54, 1.807) is 18.2 Å². The Morgan fingerprint density at radius 1 is 1.25 bits per heavy atom. The van der Waals surface area contributed by atoms with Gasteiger partial charge in [-0.05, 0) is 30.3 Å². The number of pyridine rings is 1. The molecule has 1 heterocycles. The molecule has 0 spiro atoms. The third kappa shape index (κ3) is 1.98. The molecule has 78 valence electrons. The first-order valence-electron chi connectivity index (χ1n) is 4.61. The maximum Gasteiger partial charge on any atom is 0.125 e. The minimum absolute atomic E-state index is 0.272. The maximum absolute atomic E-state index is 13.2. The Kier molecular flexibility index (Phi) is 2.52. The van der Waals surface area contributed by atoms with Gasteiger partial charge in [0, 0.05) is 5.56 Å². The van der Waals surface area contributed by atoms with Crippen LogP contribution < -0.4 is 5.73 Å². The molecule has 0 amide bonds. The summed E-state index contributed by atoms with van der Waals surface area (Å²) in [5, 5.41) is 8.72. The van der Waals surface area contributed by atoms with E-state index in [1.165, 1.54) is 18.3 Å². The average molecular weight is 213 g/mol. The van der Waals surface area contributed by atoms with Gasteiger partial charge in [-0.3, -0.25) is 4.98 Å². The van der Waals surface area contributed by atoms with Crippen molar-refractivity contribution in [3.05, 3.63) is 47.9 Å². The van der Waals surface area contributed by atoms with E-state index >= 15 is 0 Å². The lowest BCUT2D eigenvalue weighted by molar-refractivity contribution is 0.628. The van der Waals surface area contributed by atoms with Crippen molar-refractivity contribution in [2.75, 3.05) is 5.73 Å². The second kappa shape index (κ2) is 3.99. The number of halogens is 1. The van der Waals surface area contributed by atoms with Crippen molar-refractivity contribution in [1.82, 2.24) is 4.98 Å². The summed E-state index contributed by atoms with van der Waals surface area (Å²) in [5.41, 5.74) is 7.47. The Morgan fingerprint density at radius 3 is 2.69 bits per heavy atom. The summed E-state index contributed by atoms with van der Waals surface area (Å²) in [6.07, 6.45) is 1.49. The first-order chi connectivity index (χ1) is 7.69. The first-order valence-corrected chi connectivity index (χ1v) is 4.61. The fourth-order valence-electron chi connectivity index (χ4n) is 1.38. The molecule has 0 atom stereocenters. The van der Waals surface area contributed by atoms with Gasteiger partial charge in [0.1, 0.15) is 5.82 Å². The van der Waals surface area contributed by atoms with Gasteiger partial charge in [-0.25, -0.2) is 4.39 Å². The molecule has 1 aromatic heterocycles. The highest BCUT2D eigenvalue weighted by Crippen LogP contribution is 2.20. The van der Waals surface area contributed by atoms with Crippen molar-refractivity contribution in [3.63, 3.8) is 0 Å². The van der Waals surface area contributed by atoms with Crippen molar-refractivity contribution in [2.24, 2.45) is 0 Å². The lowest BCUT2D eigenvalue weighted by atomic mass is 10.1. The highest BCUT2D eigenvalue weighted by Gasteiger charge is 2.03. The van der Waals surface area contributed by atoms with Crippen molar-refractivity contribution >= 4 is 5.69 Å². The molecule has 2 N–H and O–H groups in total. The van der Waals surface area contributed by atoms with E-state index < -0.39 is 5.82 Å². The number of benzene rings is 1. The lowest BCUT2D eigenvalue weighted by Gasteiger charge is -2.02. The standard InChI is InChI=1S/C12H8FN3/c13-10-4-8(6-14)3-9(5-10)12-2-1-11(15)7-16-12/h1-5,7H,15H2. The van der Waals surface area contributed by atoms with E-state index in [4.69, 9.17) is 11.0 Å². The van der Waals surface area contributed by atoms with Crippen LogP contribution in [-0.2, 0) is 0 Å². The van der Waals surface area contributed by atoms with Crippen LogP contribution in [-0.4, -0.2) is 4.98 Å². The Balaban J connectivity index is 2.52. The van der Waals surface area contributed by atoms with Gasteiger partial charge in [0.05, 0.1) is 29.2 Å². The van der Waals surface area contributed by atoms with E-state index in [2.05, 4.69) is 4.98 Å². The van der Waals surface area contributed by atoms with E-state index in [-0.39, 0.29) is 5.56 Å². The van der Waals surface area contributed by atoms with E-state index in [9.17, 15) is 4.39 Å². The number of anilines is 1. The Morgan fingerprint density at radius 2 is 2.06 bits per heavy atom. The van der Waals surface area contributed by atoms with Crippen molar-refractivity contribution in [3.8, 4) is 17.3 Å². The molecule has 0 bridgehead atoms. The van der Waals surface area contributed by atoms with Crippen molar-refractivity contribution in [1.29, 1.82) is 5.26 Å². The second-order valence-electron chi connectivity index (χ2n) is 3.32. The molecule has 0 saturated carbocycles. The molecule has 0 aliphatic rings. The molecule has 0 aliphatic carbocycles. The SMILES string of the molecule is N#Cc1cc(F)cc(-c2ccc(N)cn2)c1. The van der Waals surface area contributed by atoms with Crippen LogP contribution in [0.15, 0.2) is 36.5 Å². The number of nitriles is 1. The Labute approximate surface area is 92.0 Å². The third-order valence-electron chi connectivity index (χ3n) is 2.11. The minimum atomic E-state index is -0.451. The van der Waals surface area contributed by atoms with Crippen LogP contribution in [0.2, 0.25) is 0 Å². The van der Waals surface area contributed by atoms with Crippen molar-refractivity contribution in [2.45, 2.75) is 0 Å². The van der Waals surface area contributed by atoms with Gasteiger partial charge in [-0.1, -0.05) is 0 Å². The van der Waals surface area contributed by atoms with Gasteiger partial charge in [-0.15, -0.1) is 0 Å². The number of nitrogens with two attached hydrogens (primary N) is 1.